The van der Waals surface area contributed by atoms with E-state index >= 15 is 0 Å². The van der Waals surface area contributed by atoms with E-state index in [0.717, 1.165) is 23.5 Å². The van der Waals surface area contributed by atoms with Crippen LogP contribution in [0.2, 0.25) is 5.02 Å². The van der Waals surface area contributed by atoms with E-state index in [0.29, 0.717) is 10.2 Å². The molecule has 2 aromatic carbocycles. The van der Waals surface area contributed by atoms with Crippen molar-refractivity contribution in [3.63, 3.8) is 0 Å². The number of hydrogen-bond acceptors (Lipinski definition) is 7. The Morgan fingerprint density at radius 1 is 1.17 bits per heavy atom. The Balaban J connectivity index is 1.55. The number of nitrogens with one attached hydrogen (secondary N) is 2. The second-order valence-corrected chi connectivity index (χ2v) is 6.94. The van der Waals surface area contributed by atoms with Gasteiger partial charge in [-0.3, -0.25) is 35.1 Å². The summed E-state index contributed by atoms with van der Waals surface area (Å²) in [7, 11) is 0. The molecule has 3 aromatic rings. The molecule has 0 atom stereocenters. The van der Waals surface area contributed by atoms with Crippen molar-refractivity contribution in [2.75, 3.05) is 5.75 Å². The van der Waals surface area contributed by atoms with E-state index in [9.17, 15) is 19.7 Å². The van der Waals surface area contributed by atoms with Gasteiger partial charge >= 0.3 is 0 Å². The summed E-state index contributed by atoms with van der Waals surface area (Å²) < 4.78 is 1.67. The summed E-state index contributed by atoms with van der Waals surface area (Å²) >= 11 is 7.10. The number of benzene rings is 2. The van der Waals surface area contributed by atoms with E-state index in [1.807, 2.05) is 6.07 Å². The van der Waals surface area contributed by atoms with Gasteiger partial charge in [0.25, 0.3) is 11.6 Å². The van der Waals surface area contributed by atoms with Gasteiger partial charge in [0, 0.05) is 22.7 Å². The summed E-state index contributed by atoms with van der Waals surface area (Å²) in [5.74, 6) is -1.21. The number of hydrazine groups is 1. The molecule has 0 bridgehead atoms. The number of thioether (sulfide) groups is 1. The number of carbonyl (C=O) groups is 2. The molecule has 148 valence electrons. The first-order valence-electron chi connectivity index (χ1n) is 8.06. The van der Waals surface area contributed by atoms with Crippen LogP contribution in [0.1, 0.15) is 10.4 Å². The normalized spacial score (nSPS) is 10.4. The van der Waals surface area contributed by atoms with Gasteiger partial charge in [-0.2, -0.15) is 0 Å². The number of halogens is 1. The monoisotopic (exact) mass is 432 g/mol. The molecule has 2 amide bonds. The zero-order valence-corrected chi connectivity index (χ0v) is 16.2. The van der Waals surface area contributed by atoms with Crippen molar-refractivity contribution in [3.05, 3.63) is 75.6 Å². The smallest absolute Gasteiger partial charge is 0.270 e. The number of aromatic nitrogens is 3. The Kier molecular flexibility index (Phi) is 6.42. The van der Waals surface area contributed by atoms with Crippen molar-refractivity contribution in [3.8, 4) is 5.69 Å². The van der Waals surface area contributed by atoms with Crippen LogP contribution in [0.5, 0.6) is 0 Å². The molecule has 0 saturated heterocycles. The fraction of sp³-hybridized carbons (Fsp3) is 0.0588. The van der Waals surface area contributed by atoms with Gasteiger partial charge in [-0.05, 0) is 24.3 Å². The lowest BCUT2D eigenvalue weighted by molar-refractivity contribution is -0.384. The van der Waals surface area contributed by atoms with Crippen LogP contribution < -0.4 is 10.9 Å². The Hall–Kier alpha value is -3.44. The molecular weight excluding hydrogens is 420 g/mol. The van der Waals surface area contributed by atoms with Crippen LogP contribution in [-0.2, 0) is 4.79 Å². The molecule has 0 aliphatic heterocycles. The number of non-ortho nitro benzene ring substituents is 1. The van der Waals surface area contributed by atoms with Gasteiger partial charge in [0.1, 0.15) is 6.33 Å². The Bertz CT molecular complexity index is 1070. The van der Waals surface area contributed by atoms with E-state index in [1.54, 1.807) is 22.8 Å². The molecule has 12 heteroatoms. The number of nitrogens with zero attached hydrogens (tertiary/aromatic N) is 4. The van der Waals surface area contributed by atoms with Crippen LogP contribution in [0.25, 0.3) is 5.69 Å². The molecule has 3 rings (SSSR count). The average molecular weight is 433 g/mol. The second kappa shape index (κ2) is 9.17. The first-order chi connectivity index (χ1) is 13.9. The molecule has 10 nitrogen and oxygen atoms in total. The maximum Gasteiger partial charge on any atom is 0.270 e. The summed E-state index contributed by atoms with van der Waals surface area (Å²) in [6, 6.07) is 12.2. The molecule has 0 radical (unpaired) electrons. The fourth-order valence-electron chi connectivity index (χ4n) is 2.25. The van der Waals surface area contributed by atoms with Crippen molar-refractivity contribution in [1.82, 2.24) is 25.6 Å². The zero-order valence-electron chi connectivity index (χ0n) is 14.6. The van der Waals surface area contributed by atoms with E-state index in [1.165, 1.54) is 24.5 Å². The molecule has 0 aliphatic rings. The van der Waals surface area contributed by atoms with Crippen molar-refractivity contribution < 1.29 is 14.5 Å². The third-order valence-corrected chi connectivity index (χ3v) is 4.75. The van der Waals surface area contributed by atoms with Crippen LogP contribution in [0.3, 0.4) is 0 Å². The van der Waals surface area contributed by atoms with Crippen LogP contribution in [0.4, 0.5) is 5.69 Å². The maximum atomic E-state index is 12.0. The molecule has 0 fully saturated rings. The summed E-state index contributed by atoms with van der Waals surface area (Å²) in [5.41, 5.74) is 5.03. The SMILES string of the molecule is O=C(CSc1nncn1-c1cccc(Cl)c1)NNC(=O)c1cccc([N+](=O)[O-])c1. The number of hydrogen-bond donors (Lipinski definition) is 2. The molecule has 29 heavy (non-hydrogen) atoms. The number of rotatable bonds is 6. The minimum atomic E-state index is -0.672. The summed E-state index contributed by atoms with van der Waals surface area (Å²) in [5, 5.41) is 19.6. The minimum Gasteiger partial charge on any atom is -0.277 e. The third kappa shape index (κ3) is 5.30. The van der Waals surface area contributed by atoms with E-state index in [4.69, 9.17) is 11.6 Å². The Labute approximate surface area is 173 Å². The van der Waals surface area contributed by atoms with Crippen molar-refractivity contribution in [2.45, 2.75) is 5.16 Å². The van der Waals surface area contributed by atoms with Gasteiger partial charge in [0.2, 0.25) is 5.91 Å². The van der Waals surface area contributed by atoms with Crippen LogP contribution in [0.15, 0.2) is 60.0 Å². The number of carbonyl (C=O) groups excluding carboxylic acids is 2. The molecule has 2 N–H and O–H groups in total. The topological polar surface area (TPSA) is 132 Å². The molecular formula is C17H13ClN6O4S. The lowest BCUT2D eigenvalue weighted by Crippen LogP contribution is -2.42. The van der Waals surface area contributed by atoms with Crippen molar-refractivity contribution in [1.29, 1.82) is 0 Å². The van der Waals surface area contributed by atoms with Gasteiger partial charge in [-0.15, -0.1) is 10.2 Å². The third-order valence-electron chi connectivity index (χ3n) is 3.57. The molecule has 0 saturated carbocycles. The molecule has 1 heterocycles. The number of nitro benzene ring substituents is 1. The summed E-state index contributed by atoms with van der Waals surface area (Å²) in [6.45, 7) is 0. The predicted octanol–water partition coefficient (Wildman–Crippen LogP) is 2.38. The fourth-order valence-corrected chi connectivity index (χ4v) is 3.16. The van der Waals surface area contributed by atoms with Gasteiger partial charge in [0.05, 0.1) is 16.4 Å². The predicted molar refractivity (Wildman–Crippen MR) is 106 cm³/mol. The van der Waals surface area contributed by atoms with E-state index < -0.39 is 16.7 Å². The highest BCUT2D eigenvalue weighted by atomic mass is 35.5. The van der Waals surface area contributed by atoms with Crippen LogP contribution >= 0.6 is 23.4 Å². The molecule has 0 aliphatic carbocycles. The van der Waals surface area contributed by atoms with Gasteiger partial charge in [-0.1, -0.05) is 35.5 Å². The number of nitro groups is 1. The zero-order chi connectivity index (χ0) is 20.8. The highest BCUT2D eigenvalue weighted by Gasteiger charge is 2.14. The minimum absolute atomic E-state index is 0.0471. The first-order valence-corrected chi connectivity index (χ1v) is 9.43. The van der Waals surface area contributed by atoms with Crippen LogP contribution in [-0.4, -0.2) is 37.3 Å². The van der Waals surface area contributed by atoms with E-state index in [2.05, 4.69) is 21.0 Å². The van der Waals surface area contributed by atoms with Gasteiger partial charge in [0.15, 0.2) is 5.16 Å². The first kappa shape index (κ1) is 20.3. The highest BCUT2D eigenvalue weighted by Crippen LogP contribution is 2.21. The highest BCUT2D eigenvalue weighted by molar-refractivity contribution is 7.99. The molecule has 1 aromatic heterocycles. The average Bonchev–Trinajstić information content (AvgIpc) is 3.19. The Morgan fingerprint density at radius 3 is 2.72 bits per heavy atom. The summed E-state index contributed by atoms with van der Waals surface area (Å²) in [6.07, 6.45) is 1.50. The molecule has 0 unspecified atom stereocenters. The standard InChI is InChI=1S/C17H13ClN6O4S/c18-12-4-2-5-13(8-12)23-10-19-22-17(23)29-9-15(25)20-21-16(26)11-3-1-6-14(7-11)24(27)28/h1-8,10H,9H2,(H,20,25)(H,21,26). The van der Waals surface area contributed by atoms with E-state index in [-0.39, 0.29) is 17.0 Å². The van der Waals surface area contributed by atoms with Gasteiger partial charge in [-0.25, -0.2) is 0 Å². The van der Waals surface area contributed by atoms with Crippen molar-refractivity contribution in [2.24, 2.45) is 0 Å². The number of amides is 2. The quantitative estimate of drug-likeness (QED) is 0.347. The lowest BCUT2D eigenvalue weighted by Gasteiger charge is -2.08. The second-order valence-electron chi connectivity index (χ2n) is 5.56. The lowest BCUT2D eigenvalue weighted by atomic mass is 10.2. The largest absolute Gasteiger partial charge is 0.277 e. The van der Waals surface area contributed by atoms with Crippen molar-refractivity contribution >= 4 is 40.9 Å². The summed E-state index contributed by atoms with van der Waals surface area (Å²) in [4.78, 5) is 34.2. The van der Waals surface area contributed by atoms with Crippen LogP contribution in [0, 0.1) is 10.1 Å². The maximum absolute atomic E-state index is 12.0. The van der Waals surface area contributed by atoms with Gasteiger partial charge < -0.3 is 0 Å². The Morgan fingerprint density at radius 2 is 1.97 bits per heavy atom. The molecule has 0 spiro atoms.